The summed E-state index contributed by atoms with van der Waals surface area (Å²) in [5.74, 6) is -0.492. The third-order valence-corrected chi connectivity index (χ3v) is 5.92. The smallest absolute Gasteiger partial charge is 0.251 e. The van der Waals surface area contributed by atoms with Crippen molar-refractivity contribution < 1.29 is 4.39 Å². The Morgan fingerprint density at radius 1 is 1.00 bits per heavy atom. The molecule has 0 unspecified atom stereocenters. The fraction of sp³-hybridized carbons (Fsp3) is 0.115. The van der Waals surface area contributed by atoms with Crippen LogP contribution in [-0.2, 0) is 13.1 Å². The molecule has 3 heterocycles. The van der Waals surface area contributed by atoms with E-state index in [9.17, 15) is 9.18 Å². The quantitative estimate of drug-likeness (QED) is 0.423. The van der Waals surface area contributed by atoms with Crippen LogP contribution in [0.4, 0.5) is 4.39 Å². The molecule has 0 spiro atoms. The van der Waals surface area contributed by atoms with Crippen molar-refractivity contribution in [3.05, 3.63) is 122 Å². The molecular weight excluding hydrogens is 425 g/mol. The van der Waals surface area contributed by atoms with E-state index >= 15 is 0 Å². The SMILES string of the molecule is Cc1cc(C2=NCc3ccc(-c4ccn(Cc5ccc(Cl)c(F)c5)c(=O)c4)cc32)ccn1. The van der Waals surface area contributed by atoms with E-state index in [1.54, 1.807) is 29.1 Å². The van der Waals surface area contributed by atoms with Crippen LogP contribution in [0.25, 0.3) is 11.1 Å². The van der Waals surface area contributed by atoms with E-state index in [1.165, 1.54) is 12.1 Å². The average molecular weight is 444 g/mol. The first-order valence-corrected chi connectivity index (χ1v) is 10.6. The molecule has 4 aromatic rings. The highest BCUT2D eigenvalue weighted by Gasteiger charge is 2.18. The lowest BCUT2D eigenvalue weighted by atomic mass is 9.96. The van der Waals surface area contributed by atoms with Crippen molar-refractivity contribution in [1.29, 1.82) is 0 Å². The highest BCUT2D eigenvalue weighted by Crippen LogP contribution is 2.28. The van der Waals surface area contributed by atoms with Gasteiger partial charge in [-0.2, -0.15) is 0 Å². The molecule has 0 amide bonds. The Hall–Kier alpha value is -3.57. The molecule has 0 fully saturated rings. The molecule has 1 aliphatic rings. The molecular formula is C26H19ClFN3O. The van der Waals surface area contributed by atoms with E-state index in [1.807, 2.05) is 31.2 Å². The Morgan fingerprint density at radius 3 is 2.62 bits per heavy atom. The predicted molar refractivity (Wildman–Crippen MR) is 125 cm³/mol. The normalized spacial score (nSPS) is 12.5. The number of halogens is 2. The minimum atomic E-state index is -0.492. The lowest BCUT2D eigenvalue weighted by molar-refractivity contribution is 0.623. The van der Waals surface area contributed by atoms with Crippen LogP contribution in [0.1, 0.15) is 27.9 Å². The van der Waals surface area contributed by atoms with Crippen LogP contribution in [0.2, 0.25) is 5.02 Å². The van der Waals surface area contributed by atoms with Crippen molar-refractivity contribution in [1.82, 2.24) is 9.55 Å². The molecule has 0 saturated heterocycles. The van der Waals surface area contributed by atoms with Crippen molar-refractivity contribution in [3.63, 3.8) is 0 Å². The van der Waals surface area contributed by atoms with Gasteiger partial charge in [0.2, 0.25) is 0 Å². The second-order valence-corrected chi connectivity index (χ2v) is 8.26. The van der Waals surface area contributed by atoms with Crippen molar-refractivity contribution in [3.8, 4) is 11.1 Å². The van der Waals surface area contributed by atoms with Gasteiger partial charge in [0.15, 0.2) is 0 Å². The first kappa shape index (κ1) is 20.3. The second kappa shape index (κ2) is 8.17. The number of fused-ring (bicyclic) bond motifs is 1. The summed E-state index contributed by atoms with van der Waals surface area (Å²) < 4.78 is 15.3. The van der Waals surface area contributed by atoms with Gasteiger partial charge in [0.1, 0.15) is 5.82 Å². The molecule has 1 aliphatic heterocycles. The van der Waals surface area contributed by atoms with Gasteiger partial charge in [0.25, 0.3) is 5.56 Å². The summed E-state index contributed by atoms with van der Waals surface area (Å²) in [5, 5.41) is 0.0675. The molecule has 2 aromatic carbocycles. The number of nitrogens with zero attached hydrogens (tertiary/aromatic N) is 3. The van der Waals surface area contributed by atoms with Gasteiger partial charge in [-0.3, -0.25) is 14.8 Å². The Balaban J connectivity index is 1.45. The Kier molecular flexibility index (Phi) is 5.19. The Bertz CT molecular complexity index is 1440. The fourth-order valence-corrected chi connectivity index (χ4v) is 4.07. The highest BCUT2D eigenvalue weighted by molar-refractivity contribution is 6.30. The van der Waals surface area contributed by atoms with Crippen molar-refractivity contribution >= 4 is 17.3 Å². The first-order valence-electron chi connectivity index (χ1n) is 10.2. The zero-order chi connectivity index (χ0) is 22.2. The molecule has 0 saturated carbocycles. The van der Waals surface area contributed by atoms with Crippen LogP contribution in [0, 0.1) is 12.7 Å². The number of aliphatic imine (C=N–C) groups is 1. The second-order valence-electron chi connectivity index (χ2n) is 7.85. The van der Waals surface area contributed by atoms with E-state index < -0.39 is 5.82 Å². The van der Waals surface area contributed by atoms with E-state index in [0.29, 0.717) is 12.1 Å². The van der Waals surface area contributed by atoms with Crippen LogP contribution in [-0.4, -0.2) is 15.3 Å². The monoisotopic (exact) mass is 443 g/mol. The van der Waals surface area contributed by atoms with Gasteiger partial charge in [-0.1, -0.05) is 29.8 Å². The molecule has 0 radical (unpaired) electrons. The number of pyridine rings is 2. The summed E-state index contributed by atoms with van der Waals surface area (Å²) in [4.78, 5) is 21.7. The molecule has 5 rings (SSSR count). The first-order chi connectivity index (χ1) is 15.5. The number of benzene rings is 2. The topological polar surface area (TPSA) is 47.2 Å². The summed E-state index contributed by atoms with van der Waals surface area (Å²) in [5.41, 5.74) is 7.47. The van der Waals surface area contributed by atoms with Crippen molar-refractivity contribution in [2.75, 3.05) is 0 Å². The van der Waals surface area contributed by atoms with E-state index in [2.05, 4.69) is 17.1 Å². The zero-order valence-corrected chi connectivity index (χ0v) is 18.1. The molecule has 158 valence electrons. The lowest BCUT2D eigenvalue weighted by Gasteiger charge is -2.10. The van der Waals surface area contributed by atoms with Crippen LogP contribution in [0.15, 0.2) is 82.8 Å². The predicted octanol–water partition coefficient (Wildman–Crippen LogP) is 5.41. The summed E-state index contributed by atoms with van der Waals surface area (Å²) in [6.07, 6.45) is 3.53. The van der Waals surface area contributed by atoms with E-state index in [0.717, 1.165) is 39.2 Å². The van der Waals surface area contributed by atoms with Gasteiger partial charge in [-0.05, 0) is 65.6 Å². The summed E-state index contributed by atoms with van der Waals surface area (Å²) in [6.45, 7) is 2.88. The highest BCUT2D eigenvalue weighted by atomic mass is 35.5. The molecule has 0 N–H and O–H groups in total. The zero-order valence-electron chi connectivity index (χ0n) is 17.3. The van der Waals surface area contributed by atoms with E-state index in [4.69, 9.17) is 16.6 Å². The number of hydrogen-bond donors (Lipinski definition) is 0. The van der Waals surface area contributed by atoms with Gasteiger partial charge >= 0.3 is 0 Å². The number of hydrogen-bond acceptors (Lipinski definition) is 3. The van der Waals surface area contributed by atoms with Gasteiger partial charge in [0.05, 0.1) is 23.8 Å². The number of aryl methyl sites for hydroxylation is 1. The molecule has 32 heavy (non-hydrogen) atoms. The molecule has 6 heteroatoms. The van der Waals surface area contributed by atoms with Gasteiger partial charge in [-0.15, -0.1) is 0 Å². The molecule has 0 bridgehead atoms. The minimum absolute atomic E-state index is 0.0675. The maximum Gasteiger partial charge on any atom is 0.251 e. The minimum Gasteiger partial charge on any atom is -0.311 e. The maximum atomic E-state index is 13.7. The number of rotatable bonds is 4. The third-order valence-electron chi connectivity index (χ3n) is 5.61. The molecule has 0 atom stereocenters. The van der Waals surface area contributed by atoms with Crippen LogP contribution >= 0.6 is 11.6 Å². The van der Waals surface area contributed by atoms with Crippen molar-refractivity contribution in [2.45, 2.75) is 20.0 Å². The van der Waals surface area contributed by atoms with Gasteiger partial charge in [0, 0.05) is 35.3 Å². The molecule has 2 aromatic heterocycles. The van der Waals surface area contributed by atoms with Crippen LogP contribution in [0.3, 0.4) is 0 Å². The lowest BCUT2D eigenvalue weighted by Crippen LogP contribution is -2.19. The third kappa shape index (κ3) is 3.87. The fourth-order valence-electron chi connectivity index (χ4n) is 3.96. The van der Waals surface area contributed by atoms with Gasteiger partial charge < -0.3 is 4.57 Å². The van der Waals surface area contributed by atoms with Crippen molar-refractivity contribution in [2.24, 2.45) is 4.99 Å². The molecule has 0 aliphatic carbocycles. The molecule has 4 nitrogen and oxygen atoms in total. The van der Waals surface area contributed by atoms with Crippen LogP contribution in [0.5, 0.6) is 0 Å². The summed E-state index contributed by atoms with van der Waals surface area (Å²) >= 11 is 5.75. The van der Waals surface area contributed by atoms with Crippen LogP contribution < -0.4 is 5.56 Å². The van der Waals surface area contributed by atoms with E-state index in [-0.39, 0.29) is 17.1 Å². The summed E-state index contributed by atoms with van der Waals surface area (Å²) in [7, 11) is 0. The Morgan fingerprint density at radius 2 is 1.84 bits per heavy atom. The maximum absolute atomic E-state index is 13.7. The standard InChI is InChI=1S/C26H19ClFN3O/c1-16-10-20(6-8-29-16)26-22-12-18(3-4-21(22)14-30-26)19-7-9-31(25(32)13-19)15-17-2-5-23(27)24(28)11-17/h2-13H,14-15H2,1H3. The number of aromatic nitrogens is 2. The average Bonchev–Trinajstić information content (AvgIpc) is 3.21. The Labute approximate surface area is 189 Å². The van der Waals surface area contributed by atoms with Gasteiger partial charge in [-0.25, -0.2) is 4.39 Å². The largest absolute Gasteiger partial charge is 0.311 e. The summed E-state index contributed by atoms with van der Waals surface area (Å²) in [6, 6.07) is 18.2.